The number of thiol groups is 1. The Morgan fingerprint density at radius 2 is 1.47 bits per heavy atom. The number of primary amides is 1. The molecule has 0 rings (SSSR count). The molecule has 13 nitrogen and oxygen atoms in total. The normalized spacial score (nSPS) is 15.4. The van der Waals surface area contributed by atoms with E-state index in [1.807, 2.05) is 0 Å². The average molecular weight is 478 g/mol. The summed E-state index contributed by atoms with van der Waals surface area (Å²) in [6.45, 7) is 3.40. The Morgan fingerprint density at radius 1 is 0.938 bits per heavy atom. The topological polar surface area (TPSA) is 231 Å². The van der Waals surface area contributed by atoms with Gasteiger partial charge in [-0.15, -0.1) is 0 Å². The molecule has 14 heteroatoms. The van der Waals surface area contributed by atoms with Crippen LogP contribution in [0.1, 0.15) is 39.5 Å². The van der Waals surface area contributed by atoms with Crippen LogP contribution in [0.3, 0.4) is 0 Å². The smallest absolute Gasteiger partial charge is 0.326 e. The molecular formula is C18H31N5O8S. The van der Waals surface area contributed by atoms with Crippen molar-refractivity contribution in [2.24, 2.45) is 17.4 Å². The molecule has 0 aromatic carbocycles. The number of carbonyl (C=O) groups is 6. The first-order chi connectivity index (χ1) is 14.8. The molecule has 32 heavy (non-hydrogen) atoms. The summed E-state index contributed by atoms with van der Waals surface area (Å²) in [4.78, 5) is 70.5. The fraction of sp³-hybridized carbons (Fsp3) is 0.667. The predicted molar refractivity (Wildman–Crippen MR) is 115 cm³/mol. The predicted octanol–water partition coefficient (Wildman–Crippen LogP) is -2.43. The van der Waals surface area contributed by atoms with E-state index in [2.05, 4.69) is 28.6 Å². The van der Waals surface area contributed by atoms with Crippen molar-refractivity contribution < 1.29 is 39.0 Å². The number of amides is 4. The van der Waals surface area contributed by atoms with Crippen molar-refractivity contribution in [3.05, 3.63) is 0 Å². The van der Waals surface area contributed by atoms with E-state index < -0.39 is 66.2 Å². The van der Waals surface area contributed by atoms with Gasteiger partial charge in [-0.2, -0.15) is 12.6 Å². The van der Waals surface area contributed by atoms with Crippen LogP contribution in [0.15, 0.2) is 0 Å². The highest BCUT2D eigenvalue weighted by molar-refractivity contribution is 7.80. The van der Waals surface area contributed by atoms with E-state index in [-0.39, 0.29) is 24.5 Å². The lowest BCUT2D eigenvalue weighted by Crippen LogP contribution is -2.58. The number of carboxylic acids is 2. The molecule has 0 radical (unpaired) electrons. The molecule has 182 valence electrons. The third-order valence-electron chi connectivity index (χ3n) is 4.64. The molecule has 5 unspecified atom stereocenters. The number of hydrogen-bond donors (Lipinski definition) is 8. The molecule has 0 aliphatic heterocycles. The van der Waals surface area contributed by atoms with Gasteiger partial charge in [-0.05, 0) is 12.3 Å². The van der Waals surface area contributed by atoms with Crippen molar-refractivity contribution in [3.8, 4) is 0 Å². The lowest BCUT2D eigenvalue weighted by molar-refractivity contribution is -0.143. The van der Waals surface area contributed by atoms with E-state index in [4.69, 9.17) is 16.6 Å². The summed E-state index contributed by atoms with van der Waals surface area (Å²) in [5.74, 6) is -6.54. The highest BCUT2D eigenvalue weighted by Crippen LogP contribution is 2.09. The summed E-state index contributed by atoms with van der Waals surface area (Å²) in [7, 11) is 0. The van der Waals surface area contributed by atoms with Crippen molar-refractivity contribution >= 4 is 48.2 Å². The van der Waals surface area contributed by atoms with Gasteiger partial charge in [0.25, 0.3) is 0 Å². The van der Waals surface area contributed by atoms with Crippen LogP contribution in [0.5, 0.6) is 0 Å². The van der Waals surface area contributed by atoms with Gasteiger partial charge < -0.3 is 37.6 Å². The van der Waals surface area contributed by atoms with Gasteiger partial charge in [0.15, 0.2) is 0 Å². The monoisotopic (exact) mass is 477 g/mol. The van der Waals surface area contributed by atoms with Crippen molar-refractivity contribution in [2.75, 3.05) is 5.75 Å². The Labute approximate surface area is 190 Å². The first kappa shape index (κ1) is 29.1. The summed E-state index contributed by atoms with van der Waals surface area (Å²) >= 11 is 4.00. The van der Waals surface area contributed by atoms with Crippen molar-refractivity contribution in [2.45, 2.75) is 63.7 Å². The SMILES string of the molecule is CCC(C)C(NC(=O)C(CS)NC(=O)C(CCC(N)=O)NC(=O)C(N)CC(=O)O)C(=O)O. The van der Waals surface area contributed by atoms with Crippen LogP contribution in [0.2, 0.25) is 0 Å². The third-order valence-corrected chi connectivity index (χ3v) is 5.00. The molecule has 0 spiro atoms. The summed E-state index contributed by atoms with van der Waals surface area (Å²) in [5, 5.41) is 25.0. The fourth-order valence-corrected chi connectivity index (χ4v) is 2.78. The maximum atomic E-state index is 12.7. The Morgan fingerprint density at radius 3 is 1.91 bits per heavy atom. The zero-order valence-electron chi connectivity index (χ0n) is 17.9. The number of nitrogens with one attached hydrogen (secondary N) is 3. The number of rotatable bonds is 15. The third kappa shape index (κ3) is 10.4. The first-order valence-corrected chi connectivity index (χ1v) is 10.5. The van der Waals surface area contributed by atoms with Crippen LogP contribution >= 0.6 is 12.6 Å². The number of carbonyl (C=O) groups excluding carboxylic acids is 4. The molecule has 0 bridgehead atoms. The molecule has 0 aliphatic carbocycles. The van der Waals surface area contributed by atoms with Crippen molar-refractivity contribution in [1.82, 2.24) is 16.0 Å². The minimum absolute atomic E-state index is 0.195. The highest BCUT2D eigenvalue weighted by atomic mass is 32.1. The minimum Gasteiger partial charge on any atom is -0.481 e. The van der Waals surface area contributed by atoms with Gasteiger partial charge in [0.1, 0.15) is 18.1 Å². The molecule has 4 amide bonds. The van der Waals surface area contributed by atoms with Crippen LogP contribution in [-0.4, -0.2) is 75.7 Å². The van der Waals surface area contributed by atoms with E-state index in [9.17, 15) is 33.9 Å². The molecule has 0 aliphatic rings. The van der Waals surface area contributed by atoms with Gasteiger partial charge in [-0.3, -0.25) is 24.0 Å². The first-order valence-electron chi connectivity index (χ1n) is 9.84. The highest BCUT2D eigenvalue weighted by Gasteiger charge is 2.31. The van der Waals surface area contributed by atoms with Gasteiger partial charge in [-0.1, -0.05) is 20.3 Å². The van der Waals surface area contributed by atoms with Gasteiger partial charge in [0, 0.05) is 12.2 Å². The van der Waals surface area contributed by atoms with Crippen LogP contribution in [-0.2, 0) is 28.8 Å². The van der Waals surface area contributed by atoms with Crippen LogP contribution in [0.4, 0.5) is 0 Å². The number of aliphatic carboxylic acids is 2. The molecule has 0 aromatic heterocycles. The average Bonchev–Trinajstić information content (AvgIpc) is 2.70. The second-order valence-electron chi connectivity index (χ2n) is 7.22. The Kier molecular flexibility index (Phi) is 13.0. The number of carboxylic acid groups (broad SMARTS) is 2. The van der Waals surface area contributed by atoms with E-state index >= 15 is 0 Å². The molecule has 5 atom stereocenters. The molecule has 9 N–H and O–H groups in total. The van der Waals surface area contributed by atoms with Crippen LogP contribution in [0, 0.1) is 5.92 Å². The molecule has 0 aromatic rings. The lowest BCUT2D eigenvalue weighted by Gasteiger charge is -2.25. The van der Waals surface area contributed by atoms with Crippen molar-refractivity contribution in [3.63, 3.8) is 0 Å². The Hall–Kier alpha value is -2.87. The molecular weight excluding hydrogens is 446 g/mol. The van der Waals surface area contributed by atoms with E-state index in [0.717, 1.165) is 0 Å². The summed E-state index contributed by atoms with van der Waals surface area (Å²) in [6, 6.07) is -5.24. The van der Waals surface area contributed by atoms with E-state index in [0.29, 0.717) is 6.42 Å². The van der Waals surface area contributed by atoms with Gasteiger partial charge in [0.05, 0.1) is 12.5 Å². The summed E-state index contributed by atoms with van der Waals surface area (Å²) in [5.41, 5.74) is 10.6. The van der Waals surface area contributed by atoms with Gasteiger partial charge in [0.2, 0.25) is 23.6 Å². The van der Waals surface area contributed by atoms with E-state index in [1.54, 1.807) is 13.8 Å². The molecule has 0 saturated carbocycles. The molecule has 0 fully saturated rings. The molecule has 0 heterocycles. The fourth-order valence-electron chi connectivity index (χ4n) is 2.52. The number of nitrogens with two attached hydrogens (primary N) is 2. The maximum absolute atomic E-state index is 12.7. The quantitative estimate of drug-likeness (QED) is 0.117. The Bertz CT molecular complexity index is 719. The molecule has 0 saturated heterocycles. The zero-order valence-corrected chi connectivity index (χ0v) is 18.8. The van der Waals surface area contributed by atoms with Gasteiger partial charge >= 0.3 is 11.9 Å². The maximum Gasteiger partial charge on any atom is 0.326 e. The largest absolute Gasteiger partial charge is 0.481 e. The lowest BCUT2D eigenvalue weighted by atomic mass is 9.99. The van der Waals surface area contributed by atoms with Crippen molar-refractivity contribution in [1.29, 1.82) is 0 Å². The minimum atomic E-state index is -1.45. The summed E-state index contributed by atoms with van der Waals surface area (Å²) < 4.78 is 0. The van der Waals surface area contributed by atoms with Crippen LogP contribution in [0.25, 0.3) is 0 Å². The van der Waals surface area contributed by atoms with Crippen LogP contribution < -0.4 is 27.4 Å². The van der Waals surface area contributed by atoms with Gasteiger partial charge in [-0.25, -0.2) is 4.79 Å². The zero-order chi connectivity index (χ0) is 25.0. The second kappa shape index (κ2) is 14.2. The van der Waals surface area contributed by atoms with E-state index in [1.165, 1.54) is 0 Å². The Balaban J connectivity index is 5.36. The summed E-state index contributed by atoms with van der Waals surface area (Å²) in [6.07, 6.45) is -0.742. The second-order valence-corrected chi connectivity index (χ2v) is 7.59. The number of hydrogen-bond acceptors (Lipinski definition) is 8. The standard InChI is InChI=1S/C18H31N5O8S/c1-3-8(2)14(18(30)31)23-17(29)11(7-32)22-16(28)10(4-5-12(20)24)21-15(27)9(19)6-13(25)26/h8-11,14,32H,3-7,19H2,1-2H3,(H2,20,24)(H,21,27)(H,22,28)(H,23,29)(H,25,26)(H,30,31).